The number of fused-ring (bicyclic) bond motifs is 1. The lowest BCUT2D eigenvalue weighted by Crippen LogP contribution is -2.20. The first-order chi connectivity index (χ1) is 13.1. The minimum Gasteiger partial charge on any atom is -0.318 e. The maximum Gasteiger partial charge on any atom is 0.274 e. The highest BCUT2D eigenvalue weighted by atomic mass is 19.3. The van der Waals surface area contributed by atoms with E-state index >= 15 is 0 Å². The summed E-state index contributed by atoms with van der Waals surface area (Å²) in [7, 11) is 0. The fourth-order valence-corrected chi connectivity index (χ4v) is 3.14. The molecule has 0 spiro atoms. The average Bonchev–Trinajstić information content (AvgIpc) is 3.36. The van der Waals surface area contributed by atoms with Crippen LogP contribution in [0.15, 0.2) is 24.7 Å². The monoisotopic (exact) mass is 376 g/mol. The minimum absolute atomic E-state index is 0.0644. The molecular formula is C16H18F2N8O. The van der Waals surface area contributed by atoms with Crippen LogP contribution in [0.5, 0.6) is 0 Å². The van der Waals surface area contributed by atoms with Crippen molar-refractivity contribution in [3.63, 3.8) is 0 Å². The Kier molecular flexibility index (Phi) is 4.65. The third-order valence-electron chi connectivity index (χ3n) is 4.39. The summed E-state index contributed by atoms with van der Waals surface area (Å²) in [6.45, 7) is 0.704. The van der Waals surface area contributed by atoms with Crippen LogP contribution in [0, 0.1) is 0 Å². The van der Waals surface area contributed by atoms with Crippen molar-refractivity contribution in [3.8, 4) is 0 Å². The molecule has 4 heterocycles. The summed E-state index contributed by atoms with van der Waals surface area (Å²) in [5, 5.41) is 19.1. The fourth-order valence-electron chi connectivity index (χ4n) is 3.14. The maximum atomic E-state index is 12.6. The van der Waals surface area contributed by atoms with Crippen molar-refractivity contribution in [2.45, 2.75) is 45.3 Å². The van der Waals surface area contributed by atoms with Crippen LogP contribution in [-0.4, -0.2) is 46.7 Å². The van der Waals surface area contributed by atoms with Gasteiger partial charge in [-0.25, -0.2) is 8.78 Å². The zero-order chi connectivity index (χ0) is 18.8. The van der Waals surface area contributed by atoms with E-state index in [4.69, 9.17) is 0 Å². The molecule has 1 aliphatic heterocycles. The second-order valence-electron chi connectivity index (χ2n) is 6.31. The summed E-state index contributed by atoms with van der Waals surface area (Å²) >= 11 is 0. The van der Waals surface area contributed by atoms with Crippen molar-refractivity contribution in [2.75, 3.05) is 5.32 Å². The SMILES string of the molecule is O=C(Nc1cnn(Cc2nnc3n2CCCC3)c1)c1ccnn1CC(F)F. The quantitative estimate of drug-likeness (QED) is 0.705. The lowest BCUT2D eigenvalue weighted by Gasteiger charge is -2.14. The van der Waals surface area contributed by atoms with E-state index in [1.54, 1.807) is 10.9 Å². The van der Waals surface area contributed by atoms with Gasteiger partial charge < -0.3 is 9.88 Å². The maximum absolute atomic E-state index is 12.6. The zero-order valence-electron chi connectivity index (χ0n) is 14.4. The van der Waals surface area contributed by atoms with E-state index in [1.807, 2.05) is 0 Å². The molecule has 3 aromatic heterocycles. The molecule has 0 saturated carbocycles. The molecule has 11 heteroatoms. The normalized spacial score (nSPS) is 13.7. The Bertz CT molecular complexity index is 944. The van der Waals surface area contributed by atoms with Crippen molar-refractivity contribution < 1.29 is 13.6 Å². The molecule has 0 saturated heterocycles. The van der Waals surface area contributed by atoms with Gasteiger partial charge in [0.2, 0.25) is 0 Å². The summed E-state index contributed by atoms with van der Waals surface area (Å²) in [5.74, 6) is 1.29. The highest BCUT2D eigenvalue weighted by Gasteiger charge is 2.18. The van der Waals surface area contributed by atoms with Gasteiger partial charge >= 0.3 is 0 Å². The first kappa shape index (κ1) is 17.3. The van der Waals surface area contributed by atoms with Gasteiger partial charge in [0.25, 0.3) is 12.3 Å². The molecular weight excluding hydrogens is 358 g/mol. The van der Waals surface area contributed by atoms with E-state index in [-0.39, 0.29) is 5.69 Å². The molecule has 0 fully saturated rings. The number of alkyl halides is 2. The summed E-state index contributed by atoms with van der Waals surface area (Å²) in [4.78, 5) is 12.3. The Morgan fingerprint density at radius 1 is 1.26 bits per heavy atom. The molecule has 9 nitrogen and oxygen atoms in total. The molecule has 4 rings (SSSR count). The number of carbonyl (C=O) groups excluding carboxylic acids is 1. The largest absolute Gasteiger partial charge is 0.318 e. The van der Waals surface area contributed by atoms with E-state index < -0.39 is 18.9 Å². The number of anilines is 1. The Morgan fingerprint density at radius 2 is 2.15 bits per heavy atom. The van der Waals surface area contributed by atoms with Crippen LogP contribution in [-0.2, 0) is 26.1 Å². The van der Waals surface area contributed by atoms with E-state index in [9.17, 15) is 13.6 Å². The summed E-state index contributed by atoms with van der Waals surface area (Å²) < 4.78 is 29.8. The van der Waals surface area contributed by atoms with Crippen molar-refractivity contribution in [1.29, 1.82) is 0 Å². The molecule has 0 atom stereocenters. The molecule has 142 valence electrons. The third kappa shape index (κ3) is 3.71. The number of carbonyl (C=O) groups is 1. The van der Waals surface area contributed by atoms with Crippen LogP contribution in [0.2, 0.25) is 0 Å². The van der Waals surface area contributed by atoms with Crippen LogP contribution in [0.3, 0.4) is 0 Å². The molecule has 3 aromatic rings. The summed E-state index contributed by atoms with van der Waals surface area (Å²) in [5.41, 5.74) is 0.526. The number of hydrogen-bond acceptors (Lipinski definition) is 5. The van der Waals surface area contributed by atoms with Crippen LogP contribution in [0.1, 0.15) is 35.0 Å². The van der Waals surface area contributed by atoms with Gasteiger partial charge in [0, 0.05) is 25.4 Å². The smallest absolute Gasteiger partial charge is 0.274 e. The Balaban J connectivity index is 1.43. The highest BCUT2D eigenvalue weighted by Crippen LogP contribution is 2.16. The highest BCUT2D eigenvalue weighted by molar-refractivity contribution is 6.02. The number of nitrogens with zero attached hydrogens (tertiary/aromatic N) is 7. The second kappa shape index (κ2) is 7.25. The molecule has 0 aromatic carbocycles. The molecule has 0 aliphatic carbocycles. The third-order valence-corrected chi connectivity index (χ3v) is 4.39. The number of aryl methyl sites for hydroxylation is 1. The topological polar surface area (TPSA) is 95.4 Å². The van der Waals surface area contributed by atoms with E-state index in [0.29, 0.717) is 12.2 Å². The standard InChI is InChI=1S/C16H18F2N8O/c17-13(18)9-26-12(4-5-19-26)16(27)21-11-7-20-24(8-11)10-15-23-22-14-3-1-2-6-25(14)15/h4-5,7-8,13H,1-3,6,9-10H2,(H,21,27). The van der Waals surface area contributed by atoms with Gasteiger partial charge in [0.15, 0.2) is 5.82 Å². The van der Waals surface area contributed by atoms with Gasteiger partial charge in [-0.2, -0.15) is 10.2 Å². The molecule has 1 aliphatic rings. The van der Waals surface area contributed by atoms with Crippen molar-refractivity contribution in [2.24, 2.45) is 0 Å². The number of hydrogen-bond donors (Lipinski definition) is 1. The molecule has 0 unspecified atom stereocenters. The van der Waals surface area contributed by atoms with Gasteiger partial charge in [-0.05, 0) is 18.9 Å². The van der Waals surface area contributed by atoms with Crippen LogP contribution in [0.4, 0.5) is 14.5 Å². The Hall–Kier alpha value is -3.11. The first-order valence-electron chi connectivity index (χ1n) is 8.65. The number of amides is 1. The fraction of sp³-hybridized carbons (Fsp3) is 0.438. The minimum atomic E-state index is -2.59. The zero-order valence-corrected chi connectivity index (χ0v) is 14.4. The van der Waals surface area contributed by atoms with Crippen LogP contribution < -0.4 is 5.32 Å². The summed E-state index contributed by atoms with van der Waals surface area (Å²) in [6.07, 6.45) is 5.04. The molecule has 0 bridgehead atoms. The van der Waals surface area contributed by atoms with E-state index in [2.05, 4.69) is 30.3 Å². The van der Waals surface area contributed by atoms with E-state index in [0.717, 1.165) is 42.1 Å². The van der Waals surface area contributed by atoms with Crippen molar-refractivity contribution >= 4 is 11.6 Å². The van der Waals surface area contributed by atoms with E-state index in [1.165, 1.54) is 18.5 Å². The van der Waals surface area contributed by atoms with Crippen molar-refractivity contribution in [3.05, 3.63) is 42.0 Å². The second-order valence-corrected chi connectivity index (χ2v) is 6.31. The van der Waals surface area contributed by atoms with Gasteiger partial charge in [-0.15, -0.1) is 10.2 Å². The Morgan fingerprint density at radius 3 is 3.00 bits per heavy atom. The molecule has 1 amide bonds. The lowest BCUT2D eigenvalue weighted by atomic mass is 10.2. The van der Waals surface area contributed by atoms with Gasteiger partial charge in [-0.3, -0.25) is 14.2 Å². The predicted molar refractivity (Wildman–Crippen MR) is 90.5 cm³/mol. The van der Waals surface area contributed by atoms with Crippen LogP contribution >= 0.6 is 0 Å². The number of halogens is 2. The molecule has 1 N–H and O–H groups in total. The number of rotatable bonds is 6. The van der Waals surface area contributed by atoms with Crippen molar-refractivity contribution in [1.82, 2.24) is 34.3 Å². The van der Waals surface area contributed by atoms with Gasteiger partial charge in [0.1, 0.15) is 24.6 Å². The molecule has 0 radical (unpaired) electrons. The number of aromatic nitrogens is 7. The van der Waals surface area contributed by atoms with Crippen LogP contribution in [0.25, 0.3) is 0 Å². The average molecular weight is 376 g/mol. The lowest BCUT2D eigenvalue weighted by molar-refractivity contribution is 0.0989. The van der Waals surface area contributed by atoms with Gasteiger partial charge in [-0.1, -0.05) is 0 Å². The first-order valence-corrected chi connectivity index (χ1v) is 8.65. The van der Waals surface area contributed by atoms with Gasteiger partial charge in [0.05, 0.1) is 11.9 Å². The number of nitrogens with one attached hydrogen (secondary N) is 1. The summed E-state index contributed by atoms with van der Waals surface area (Å²) in [6, 6.07) is 1.39. The predicted octanol–water partition coefficient (Wildman–Crippen LogP) is 1.57. The Labute approximate surface area is 153 Å². The molecule has 27 heavy (non-hydrogen) atoms.